The van der Waals surface area contributed by atoms with E-state index in [0.29, 0.717) is 0 Å². The average molecular weight is 286 g/mol. The van der Waals surface area contributed by atoms with Crippen LogP contribution >= 0.6 is 0 Å². The summed E-state index contributed by atoms with van der Waals surface area (Å²) in [5, 5.41) is 0. The molecule has 0 unspecified atom stereocenters. The lowest BCUT2D eigenvalue weighted by Crippen LogP contribution is -2.36. The van der Waals surface area contributed by atoms with E-state index in [2.05, 4.69) is 25.7 Å². The molecule has 122 valence electrons. The first-order valence-corrected chi connectivity index (χ1v) is 9.03. The highest BCUT2D eigenvalue weighted by atomic mass is 16.5. The highest BCUT2D eigenvalue weighted by Crippen LogP contribution is 2.13. The van der Waals surface area contributed by atoms with Crippen LogP contribution in [0.3, 0.4) is 0 Å². The third kappa shape index (κ3) is 10.7. The zero-order valence-electron chi connectivity index (χ0n) is 14.6. The van der Waals surface area contributed by atoms with Crippen LogP contribution in [0.2, 0.25) is 0 Å². The molecule has 0 heterocycles. The van der Waals surface area contributed by atoms with Crippen molar-refractivity contribution in [2.75, 3.05) is 26.8 Å². The normalized spacial score (nSPS) is 11.7. The van der Waals surface area contributed by atoms with Gasteiger partial charge in [-0.25, -0.2) is 0 Å². The van der Waals surface area contributed by atoms with Gasteiger partial charge in [-0.15, -0.1) is 0 Å². The Hall–Kier alpha value is -0.0800. The summed E-state index contributed by atoms with van der Waals surface area (Å²) < 4.78 is 5.11. The predicted octanol–water partition coefficient (Wildman–Crippen LogP) is 5.26. The van der Waals surface area contributed by atoms with Crippen molar-refractivity contribution in [1.82, 2.24) is 4.90 Å². The Balaban J connectivity index is 3.85. The van der Waals surface area contributed by atoms with Gasteiger partial charge in [0.25, 0.3) is 0 Å². The molecule has 0 saturated heterocycles. The van der Waals surface area contributed by atoms with Gasteiger partial charge >= 0.3 is 0 Å². The van der Waals surface area contributed by atoms with Crippen molar-refractivity contribution in [2.24, 2.45) is 0 Å². The minimum Gasteiger partial charge on any atom is -0.385 e. The van der Waals surface area contributed by atoms with Crippen molar-refractivity contribution >= 4 is 0 Å². The third-order valence-corrected chi connectivity index (χ3v) is 4.30. The van der Waals surface area contributed by atoms with E-state index >= 15 is 0 Å². The van der Waals surface area contributed by atoms with E-state index in [9.17, 15) is 0 Å². The van der Waals surface area contributed by atoms with Gasteiger partial charge in [0.15, 0.2) is 0 Å². The van der Waals surface area contributed by atoms with E-state index in [4.69, 9.17) is 4.74 Å². The van der Waals surface area contributed by atoms with Crippen LogP contribution in [0.25, 0.3) is 0 Å². The summed E-state index contributed by atoms with van der Waals surface area (Å²) in [6.45, 7) is 10.5. The van der Waals surface area contributed by atoms with Gasteiger partial charge < -0.3 is 9.64 Å². The molecule has 0 N–H and O–H groups in total. The molecule has 0 aromatic heterocycles. The smallest absolute Gasteiger partial charge is 0.0462 e. The quantitative estimate of drug-likeness (QED) is 0.380. The molecule has 2 nitrogen and oxygen atoms in total. The Kier molecular flexibility index (Phi) is 15.3. The van der Waals surface area contributed by atoms with Gasteiger partial charge in [0.1, 0.15) is 0 Å². The number of nitrogens with zero attached hydrogens (tertiary/aromatic N) is 1. The van der Waals surface area contributed by atoms with E-state index in [1.54, 1.807) is 7.11 Å². The van der Waals surface area contributed by atoms with E-state index < -0.39 is 0 Å². The monoisotopic (exact) mass is 285 g/mol. The zero-order chi connectivity index (χ0) is 15.1. The fraction of sp³-hybridized carbons (Fsp3) is 1.00. The Morgan fingerprint density at radius 2 is 1.30 bits per heavy atom. The molecular formula is C18H39NO. The molecule has 0 aliphatic heterocycles. The summed E-state index contributed by atoms with van der Waals surface area (Å²) in [5.74, 6) is 0. The van der Waals surface area contributed by atoms with Gasteiger partial charge in [-0.1, -0.05) is 52.9 Å². The molecule has 20 heavy (non-hydrogen) atoms. The second kappa shape index (κ2) is 15.3. The lowest BCUT2D eigenvalue weighted by atomic mass is 10.1. The van der Waals surface area contributed by atoms with Crippen molar-refractivity contribution in [3.05, 3.63) is 0 Å². The summed E-state index contributed by atoms with van der Waals surface area (Å²) in [4.78, 5) is 2.76. The molecular weight excluding hydrogens is 246 g/mol. The summed E-state index contributed by atoms with van der Waals surface area (Å²) in [6, 6.07) is 0.801. The Morgan fingerprint density at radius 3 is 1.80 bits per heavy atom. The summed E-state index contributed by atoms with van der Waals surface area (Å²) in [5.41, 5.74) is 0. The molecule has 0 aromatic rings. The minimum atomic E-state index is 0.801. The largest absolute Gasteiger partial charge is 0.385 e. The molecule has 0 atom stereocenters. The van der Waals surface area contributed by atoms with Gasteiger partial charge in [-0.05, 0) is 45.2 Å². The number of hydrogen-bond acceptors (Lipinski definition) is 2. The number of methoxy groups -OCH3 is 1. The molecule has 0 bridgehead atoms. The van der Waals surface area contributed by atoms with Gasteiger partial charge in [-0.2, -0.15) is 0 Å². The van der Waals surface area contributed by atoms with E-state index in [-0.39, 0.29) is 0 Å². The minimum absolute atomic E-state index is 0.801. The molecule has 0 spiro atoms. The number of hydrogen-bond donors (Lipinski definition) is 0. The van der Waals surface area contributed by atoms with Crippen molar-refractivity contribution in [3.63, 3.8) is 0 Å². The highest BCUT2D eigenvalue weighted by Gasteiger charge is 2.13. The average Bonchev–Trinajstić information content (AvgIpc) is 2.47. The van der Waals surface area contributed by atoms with Crippen molar-refractivity contribution in [3.8, 4) is 0 Å². The first kappa shape index (κ1) is 19.9. The van der Waals surface area contributed by atoms with Gasteiger partial charge in [0.2, 0.25) is 0 Å². The van der Waals surface area contributed by atoms with Gasteiger partial charge in [0.05, 0.1) is 0 Å². The predicted molar refractivity (Wildman–Crippen MR) is 90.4 cm³/mol. The van der Waals surface area contributed by atoms with E-state index in [1.165, 1.54) is 77.3 Å². The van der Waals surface area contributed by atoms with Crippen LogP contribution in [0.4, 0.5) is 0 Å². The standard InChI is InChI=1S/C18H39NO/c1-5-8-9-12-15-19(18(6-2)7-3)16-13-10-11-14-17-20-4/h18H,5-17H2,1-4H3. The Labute approximate surface area is 128 Å². The van der Waals surface area contributed by atoms with Crippen molar-refractivity contribution in [2.45, 2.75) is 91.0 Å². The van der Waals surface area contributed by atoms with E-state index in [0.717, 1.165) is 12.6 Å². The lowest BCUT2D eigenvalue weighted by Gasteiger charge is -2.30. The van der Waals surface area contributed by atoms with Crippen LogP contribution in [0.1, 0.15) is 85.0 Å². The molecule has 0 aliphatic rings. The molecule has 0 saturated carbocycles. The summed E-state index contributed by atoms with van der Waals surface area (Å²) in [6.07, 6.45) is 13.4. The molecule has 0 aliphatic carbocycles. The van der Waals surface area contributed by atoms with Gasteiger partial charge in [-0.3, -0.25) is 0 Å². The Morgan fingerprint density at radius 1 is 0.750 bits per heavy atom. The van der Waals surface area contributed by atoms with Crippen LogP contribution in [0, 0.1) is 0 Å². The number of rotatable bonds is 15. The fourth-order valence-electron chi connectivity index (χ4n) is 2.94. The topological polar surface area (TPSA) is 12.5 Å². The van der Waals surface area contributed by atoms with Crippen LogP contribution in [-0.2, 0) is 4.74 Å². The maximum Gasteiger partial charge on any atom is 0.0462 e. The molecule has 0 aromatic carbocycles. The molecule has 0 rings (SSSR count). The van der Waals surface area contributed by atoms with Crippen LogP contribution in [-0.4, -0.2) is 37.7 Å². The van der Waals surface area contributed by atoms with Gasteiger partial charge in [0, 0.05) is 19.8 Å². The maximum absolute atomic E-state index is 5.11. The third-order valence-electron chi connectivity index (χ3n) is 4.30. The lowest BCUT2D eigenvalue weighted by molar-refractivity contribution is 0.173. The summed E-state index contributed by atoms with van der Waals surface area (Å²) >= 11 is 0. The SMILES string of the molecule is CCCCCCN(CCCCCCOC)C(CC)CC. The van der Waals surface area contributed by atoms with Crippen LogP contribution in [0.5, 0.6) is 0 Å². The fourth-order valence-corrected chi connectivity index (χ4v) is 2.94. The maximum atomic E-state index is 5.11. The molecule has 0 radical (unpaired) electrons. The second-order valence-electron chi connectivity index (χ2n) is 5.97. The van der Waals surface area contributed by atoms with E-state index in [1.807, 2.05) is 0 Å². The molecule has 0 fully saturated rings. The van der Waals surface area contributed by atoms with Crippen LogP contribution in [0.15, 0.2) is 0 Å². The zero-order valence-corrected chi connectivity index (χ0v) is 14.6. The molecule has 2 heteroatoms. The second-order valence-corrected chi connectivity index (χ2v) is 5.97. The van der Waals surface area contributed by atoms with Crippen LogP contribution < -0.4 is 0 Å². The molecule has 0 amide bonds. The number of ether oxygens (including phenoxy) is 1. The summed E-state index contributed by atoms with van der Waals surface area (Å²) in [7, 11) is 1.80. The van der Waals surface area contributed by atoms with Crippen molar-refractivity contribution in [1.29, 1.82) is 0 Å². The highest BCUT2D eigenvalue weighted by molar-refractivity contribution is 4.69. The first-order valence-electron chi connectivity index (χ1n) is 9.03. The first-order chi connectivity index (χ1) is 9.79. The van der Waals surface area contributed by atoms with Crippen molar-refractivity contribution < 1.29 is 4.74 Å². The Bertz CT molecular complexity index is 180. The number of unbranched alkanes of at least 4 members (excludes halogenated alkanes) is 6.